The van der Waals surface area contributed by atoms with E-state index in [0.29, 0.717) is 0 Å². The molecule has 0 aliphatic heterocycles. The molecule has 0 unspecified atom stereocenters. The highest BCUT2D eigenvalue weighted by Gasteiger charge is 2.14. The molecule has 10 nitrogen and oxygen atoms in total. The number of sulfonamides is 2. The molecule has 0 spiro atoms. The molecule has 0 saturated carbocycles. The Morgan fingerprint density at radius 1 is 0.562 bits per heavy atom. The predicted octanol–water partition coefficient (Wildman–Crippen LogP) is 1.46. The van der Waals surface area contributed by atoms with E-state index in [0.717, 1.165) is 11.1 Å². The first-order chi connectivity index (χ1) is 15.2. The Hall–Kier alpha value is -1.90. The standard InChI is InChI=1S/C20H28N2O8S2/c1-17-3-7-19(8-4-17)31(23,24)21-29-15-13-27-11-12-28-14-16-30-22-32(25,26)20-9-5-18(2)6-10-20/h3-10,21-22H,11-16H2,1-2H3. The molecule has 178 valence electrons. The van der Waals surface area contributed by atoms with Crippen LogP contribution < -0.4 is 9.77 Å². The van der Waals surface area contributed by atoms with E-state index >= 15 is 0 Å². The van der Waals surface area contributed by atoms with Crippen molar-refractivity contribution in [2.45, 2.75) is 23.6 Å². The predicted molar refractivity (Wildman–Crippen MR) is 117 cm³/mol. The number of aryl methyl sites for hydroxylation is 2. The van der Waals surface area contributed by atoms with Crippen LogP contribution in [0.1, 0.15) is 11.1 Å². The summed E-state index contributed by atoms with van der Waals surface area (Å²) in [5.74, 6) is 0. The zero-order valence-electron chi connectivity index (χ0n) is 17.9. The van der Waals surface area contributed by atoms with Crippen molar-refractivity contribution >= 4 is 20.0 Å². The van der Waals surface area contributed by atoms with Gasteiger partial charge in [0.1, 0.15) is 0 Å². The molecule has 12 heteroatoms. The summed E-state index contributed by atoms with van der Waals surface area (Å²) in [7, 11) is -7.47. The van der Waals surface area contributed by atoms with Gasteiger partial charge in [0, 0.05) is 0 Å². The average Bonchev–Trinajstić information content (AvgIpc) is 2.75. The molecule has 0 saturated heterocycles. The van der Waals surface area contributed by atoms with Gasteiger partial charge >= 0.3 is 0 Å². The second-order valence-electron chi connectivity index (χ2n) is 6.72. The molecule has 0 atom stereocenters. The molecule has 0 aromatic heterocycles. The molecule has 0 radical (unpaired) electrons. The zero-order chi connectivity index (χ0) is 23.5. The lowest BCUT2D eigenvalue weighted by Crippen LogP contribution is -2.26. The summed E-state index contributed by atoms with van der Waals surface area (Å²) in [5, 5.41) is 0. The van der Waals surface area contributed by atoms with Crippen LogP contribution in [-0.4, -0.2) is 56.5 Å². The summed E-state index contributed by atoms with van der Waals surface area (Å²) in [6.45, 7) is 4.60. The first kappa shape index (κ1) is 26.4. The van der Waals surface area contributed by atoms with Gasteiger partial charge in [0.15, 0.2) is 0 Å². The van der Waals surface area contributed by atoms with E-state index < -0.39 is 20.0 Å². The van der Waals surface area contributed by atoms with Crippen LogP contribution in [0.15, 0.2) is 58.3 Å². The highest BCUT2D eigenvalue weighted by molar-refractivity contribution is 7.89. The van der Waals surface area contributed by atoms with E-state index in [1.807, 2.05) is 23.6 Å². The maximum absolute atomic E-state index is 12.0. The van der Waals surface area contributed by atoms with E-state index in [9.17, 15) is 16.8 Å². The Balaban J connectivity index is 1.47. The number of nitrogens with one attached hydrogen (secondary N) is 2. The second kappa shape index (κ2) is 13.0. The van der Waals surface area contributed by atoms with Crippen LogP contribution in [0.2, 0.25) is 0 Å². The van der Waals surface area contributed by atoms with Crippen LogP contribution in [0.5, 0.6) is 0 Å². The zero-order valence-corrected chi connectivity index (χ0v) is 19.6. The van der Waals surface area contributed by atoms with Crippen LogP contribution in [0.3, 0.4) is 0 Å². The van der Waals surface area contributed by atoms with Gasteiger partial charge in [-0.2, -0.15) is 0 Å². The molecule has 2 aromatic rings. The third kappa shape index (κ3) is 9.30. The molecule has 0 aliphatic carbocycles. The normalized spacial score (nSPS) is 12.2. The van der Waals surface area contributed by atoms with Gasteiger partial charge in [0.2, 0.25) is 0 Å². The molecule has 0 amide bonds. The Morgan fingerprint density at radius 2 is 0.875 bits per heavy atom. The van der Waals surface area contributed by atoms with Gasteiger partial charge in [-0.3, -0.25) is 9.68 Å². The Labute approximate surface area is 188 Å². The highest BCUT2D eigenvalue weighted by Crippen LogP contribution is 2.10. The molecule has 2 N–H and O–H groups in total. The van der Waals surface area contributed by atoms with E-state index in [-0.39, 0.29) is 49.4 Å². The first-order valence-corrected chi connectivity index (χ1v) is 12.7. The molecule has 0 fully saturated rings. The topological polar surface area (TPSA) is 129 Å². The molecular formula is C20H28N2O8S2. The summed E-state index contributed by atoms with van der Waals surface area (Å²) in [4.78, 5) is 14.2. The van der Waals surface area contributed by atoms with Crippen molar-refractivity contribution in [2.24, 2.45) is 0 Å². The third-order valence-corrected chi connectivity index (χ3v) is 6.49. The minimum atomic E-state index is -3.73. The molecule has 0 bridgehead atoms. The minimum absolute atomic E-state index is 0.0228. The third-order valence-electron chi connectivity index (χ3n) is 4.03. The largest absolute Gasteiger partial charge is 0.377 e. The van der Waals surface area contributed by atoms with Crippen molar-refractivity contribution in [1.29, 1.82) is 0 Å². The molecule has 32 heavy (non-hydrogen) atoms. The highest BCUT2D eigenvalue weighted by atomic mass is 32.2. The van der Waals surface area contributed by atoms with Gasteiger partial charge in [-0.1, -0.05) is 45.2 Å². The van der Waals surface area contributed by atoms with Crippen molar-refractivity contribution in [3.63, 3.8) is 0 Å². The molecule has 2 aromatic carbocycles. The smallest absolute Gasteiger partial charge is 0.262 e. The molecule has 0 heterocycles. The van der Waals surface area contributed by atoms with Crippen molar-refractivity contribution < 1.29 is 36.0 Å². The van der Waals surface area contributed by atoms with E-state index in [4.69, 9.17) is 19.1 Å². The number of benzene rings is 2. The van der Waals surface area contributed by atoms with Crippen LogP contribution in [0.25, 0.3) is 0 Å². The van der Waals surface area contributed by atoms with E-state index in [2.05, 4.69) is 0 Å². The van der Waals surface area contributed by atoms with Crippen LogP contribution >= 0.6 is 0 Å². The van der Waals surface area contributed by atoms with Crippen molar-refractivity contribution in [2.75, 3.05) is 39.6 Å². The van der Waals surface area contributed by atoms with Gasteiger partial charge < -0.3 is 9.47 Å². The van der Waals surface area contributed by atoms with Crippen molar-refractivity contribution in [3.05, 3.63) is 59.7 Å². The van der Waals surface area contributed by atoms with E-state index in [1.165, 1.54) is 24.3 Å². The number of hydrogen-bond donors (Lipinski definition) is 2. The van der Waals surface area contributed by atoms with Gasteiger partial charge in [-0.15, -0.1) is 0 Å². The lowest BCUT2D eigenvalue weighted by Gasteiger charge is -2.09. The average molecular weight is 489 g/mol. The van der Waals surface area contributed by atoms with Crippen molar-refractivity contribution in [3.8, 4) is 0 Å². The van der Waals surface area contributed by atoms with Gasteiger partial charge in [-0.25, -0.2) is 16.8 Å². The summed E-state index contributed by atoms with van der Waals surface area (Å²) in [5.41, 5.74) is 1.91. The van der Waals surface area contributed by atoms with Gasteiger partial charge in [0.05, 0.1) is 49.4 Å². The number of ether oxygens (including phenoxy) is 2. The Kier molecular flexibility index (Phi) is 10.7. The maximum atomic E-state index is 12.0. The number of hydrogen-bond acceptors (Lipinski definition) is 8. The van der Waals surface area contributed by atoms with Crippen LogP contribution in [-0.2, 0) is 39.2 Å². The minimum Gasteiger partial charge on any atom is -0.377 e. The summed E-state index contributed by atoms with van der Waals surface area (Å²) < 4.78 is 58.6. The first-order valence-electron chi connectivity index (χ1n) is 9.77. The summed E-state index contributed by atoms with van der Waals surface area (Å²) in [6, 6.07) is 12.8. The van der Waals surface area contributed by atoms with Crippen LogP contribution in [0, 0.1) is 13.8 Å². The fourth-order valence-corrected chi connectivity index (χ4v) is 3.95. The lowest BCUT2D eigenvalue weighted by molar-refractivity contribution is -0.0148. The molecule has 2 rings (SSSR count). The Bertz CT molecular complexity index is 939. The Morgan fingerprint density at radius 3 is 1.22 bits per heavy atom. The van der Waals surface area contributed by atoms with E-state index in [1.54, 1.807) is 24.3 Å². The van der Waals surface area contributed by atoms with Crippen LogP contribution in [0.4, 0.5) is 0 Å². The molecular weight excluding hydrogens is 460 g/mol. The number of rotatable bonds is 15. The SMILES string of the molecule is Cc1ccc(S(=O)(=O)NOCCOCCOCCONS(=O)(=O)c2ccc(C)cc2)cc1. The monoisotopic (exact) mass is 488 g/mol. The summed E-state index contributed by atoms with van der Waals surface area (Å²) >= 11 is 0. The van der Waals surface area contributed by atoms with Gasteiger partial charge in [-0.05, 0) is 38.1 Å². The van der Waals surface area contributed by atoms with Crippen molar-refractivity contribution in [1.82, 2.24) is 9.77 Å². The fourth-order valence-electron chi connectivity index (χ4n) is 2.29. The quantitative estimate of drug-likeness (QED) is 0.285. The second-order valence-corrected chi connectivity index (χ2v) is 10.0. The maximum Gasteiger partial charge on any atom is 0.262 e. The fraction of sp³-hybridized carbons (Fsp3) is 0.400. The van der Waals surface area contributed by atoms with Gasteiger partial charge in [0.25, 0.3) is 20.0 Å². The summed E-state index contributed by atoms with van der Waals surface area (Å²) in [6.07, 6.45) is 0. The molecule has 0 aliphatic rings. The lowest BCUT2D eigenvalue weighted by atomic mass is 10.2.